The van der Waals surface area contributed by atoms with E-state index in [1.165, 1.54) is 0 Å². The summed E-state index contributed by atoms with van der Waals surface area (Å²) in [6.07, 6.45) is 5.99. The van der Waals surface area contributed by atoms with Gasteiger partial charge in [0, 0.05) is 12.6 Å². The molecule has 0 aromatic rings. The molecule has 0 bridgehead atoms. The van der Waals surface area contributed by atoms with Gasteiger partial charge in [-0.1, -0.05) is 13.0 Å². The quantitative estimate of drug-likeness (QED) is 0.681. The van der Waals surface area contributed by atoms with Crippen molar-refractivity contribution in [3.05, 3.63) is 12.3 Å². The highest BCUT2D eigenvalue weighted by Crippen LogP contribution is 2.18. The molecule has 3 nitrogen and oxygen atoms in total. The molecule has 0 unspecified atom stereocenters. The van der Waals surface area contributed by atoms with Gasteiger partial charge in [-0.2, -0.15) is 0 Å². The van der Waals surface area contributed by atoms with Crippen LogP contribution in [0, 0.1) is 0 Å². The third-order valence-electron chi connectivity index (χ3n) is 2.09. The maximum Gasteiger partial charge on any atom is 0.226 e. The fourth-order valence-electron chi connectivity index (χ4n) is 1.36. The van der Waals surface area contributed by atoms with Gasteiger partial charge in [-0.25, -0.2) is 0 Å². The summed E-state index contributed by atoms with van der Waals surface area (Å²) in [5, 5.41) is 8.93. The normalized spacial score (nSPS) is 24.3. The number of allylic oxidation sites excluding steroid dienone is 1. The van der Waals surface area contributed by atoms with Crippen LogP contribution in [0.2, 0.25) is 0 Å². The molecule has 0 radical (unpaired) electrons. The smallest absolute Gasteiger partial charge is 0.226 e. The summed E-state index contributed by atoms with van der Waals surface area (Å²) in [6.45, 7) is 2.09. The van der Waals surface area contributed by atoms with Crippen molar-refractivity contribution in [2.45, 2.75) is 32.2 Å². The van der Waals surface area contributed by atoms with E-state index in [-0.39, 0.29) is 18.6 Å². The number of amides is 1. The predicted molar refractivity (Wildman–Crippen MR) is 46.4 cm³/mol. The number of hydrogen-bond donors (Lipinski definition) is 1. The Kier molecular flexibility index (Phi) is 3.29. The molecule has 68 valence electrons. The zero-order valence-electron chi connectivity index (χ0n) is 7.36. The Labute approximate surface area is 72.7 Å². The Balaban J connectivity index is 2.57. The van der Waals surface area contributed by atoms with Crippen molar-refractivity contribution in [3.63, 3.8) is 0 Å². The average molecular weight is 169 g/mol. The molecular formula is C9H15NO2. The number of aliphatic hydroxyl groups is 1. The van der Waals surface area contributed by atoms with Crippen molar-refractivity contribution in [2.24, 2.45) is 0 Å². The highest BCUT2D eigenvalue weighted by Gasteiger charge is 2.28. The number of rotatable bonds is 3. The van der Waals surface area contributed by atoms with Crippen LogP contribution in [0.25, 0.3) is 0 Å². The first-order valence-corrected chi connectivity index (χ1v) is 4.38. The minimum Gasteiger partial charge on any atom is -0.394 e. The molecule has 12 heavy (non-hydrogen) atoms. The first-order chi connectivity index (χ1) is 5.79. The van der Waals surface area contributed by atoms with Crippen molar-refractivity contribution < 1.29 is 9.90 Å². The van der Waals surface area contributed by atoms with Gasteiger partial charge >= 0.3 is 0 Å². The van der Waals surface area contributed by atoms with Crippen LogP contribution >= 0.6 is 0 Å². The highest BCUT2D eigenvalue weighted by molar-refractivity contribution is 5.79. The SMILES string of the molecule is CCC=CN1C(=O)CC[C@H]1CO. The minimum atomic E-state index is 0.0142. The third-order valence-corrected chi connectivity index (χ3v) is 2.09. The zero-order chi connectivity index (χ0) is 8.97. The van der Waals surface area contributed by atoms with E-state index in [2.05, 4.69) is 0 Å². The van der Waals surface area contributed by atoms with Crippen LogP contribution in [0.3, 0.4) is 0 Å². The molecule has 1 saturated heterocycles. The van der Waals surface area contributed by atoms with E-state index >= 15 is 0 Å². The minimum absolute atomic E-state index is 0.0142. The van der Waals surface area contributed by atoms with Gasteiger partial charge in [0.05, 0.1) is 12.6 Å². The molecule has 1 N–H and O–H groups in total. The average Bonchev–Trinajstić information content (AvgIpc) is 2.43. The van der Waals surface area contributed by atoms with E-state index < -0.39 is 0 Å². The second-order valence-corrected chi connectivity index (χ2v) is 2.97. The second-order valence-electron chi connectivity index (χ2n) is 2.97. The first kappa shape index (κ1) is 9.26. The van der Waals surface area contributed by atoms with Crippen molar-refractivity contribution in [1.82, 2.24) is 4.90 Å². The Morgan fingerprint density at radius 2 is 2.50 bits per heavy atom. The molecule has 1 atom stereocenters. The van der Waals surface area contributed by atoms with Gasteiger partial charge in [0.1, 0.15) is 0 Å². The lowest BCUT2D eigenvalue weighted by atomic mass is 10.2. The van der Waals surface area contributed by atoms with Crippen LogP contribution in [0.4, 0.5) is 0 Å². The largest absolute Gasteiger partial charge is 0.394 e. The Bertz CT molecular complexity index is 189. The molecule has 0 saturated carbocycles. The molecule has 0 aromatic carbocycles. The van der Waals surface area contributed by atoms with Gasteiger partial charge in [-0.05, 0) is 12.8 Å². The number of aliphatic hydroxyl groups excluding tert-OH is 1. The summed E-state index contributed by atoms with van der Waals surface area (Å²) in [6, 6.07) is 0.0142. The lowest BCUT2D eigenvalue weighted by Crippen LogP contribution is -2.30. The Hall–Kier alpha value is -0.830. The van der Waals surface area contributed by atoms with Crippen LogP contribution in [-0.2, 0) is 4.79 Å². The van der Waals surface area contributed by atoms with Crippen molar-refractivity contribution >= 4 is 5.91 Å². The Morgan fingerprint density at radius 1 is 1.75 bits per heavy atom. The van der Waals surface area contributed by atoms with Crippen molar-refractivity contribution in [1.29, 1.82) is 0 Å². The summed E-state index contributed by atoms with van der Waals surface area (Å²) in [4.78, 5) is 12.9. The monoisotopic (exact) mass is 169 g/mol. The topological polar surface area (TPSA) is 40.5 Å². The van der Waals surface area contributed by atoms with Gasteiger partial charge in [0.25, 0.3) is 0 Å². The number of carbonyl (C=O) groups excluding carboxylic acids is 1. The van der Waals surface area contributed by atoms with Crippen molar-refractivity contribution in [2.75, 3.05) is 6.61 Å². The van der Waals surface area contributed by atoms with E-state index in [4.69, 9.17) is 5.11 Å². The molecule has 1 aliphatic heterocycles. The maximum atomic E-state index is 11.2. The lowest BCUT2D eigenvalue weighted by molar-refractivity contribution is -0.126. The van der Waals surface area contributed by atoms with Crippen LogP contribution in [0.5, 0.6) is 0 Å². The second kappa shape index (κ2) is 4.26. The van der Waals surface area contributed by atoms with Crippen LogP contribution < -0.4 is 0 Å². The summed E-state index contributed by atoms with van der Waals surface area (Å²) in [7, 11) is 0. The molecule has 1 fully saturated rings. The molecule has 0 spiro atoms. The van der Waals surface area contributed by atoms with E-state index in [1.807, 2.05) is 13.0 Å². The number of likely N-dealkylation sites (tertiary alicyclic amines) is 1. The van der Waals surface area contributed by atoms with Crippen LogP contribution in [0.1, 0.15) is 26.2 Å². The molecule has 1 aliphatic rings. The highest BCUT2D eigenvalue weighted by atomic mass is 16.3. The number of hydrogen-bond acceptors (Lipinski definition) is 2. The Morgan fingerprint density at radius 3 is 3.08 bits per heavy atom. The number of nitrogens with zero attached hydrogens (tertiary/aromatic N) is 1. The van der Waals surface area contributed by atoms with E-state index in [9.17, 15) is 4.79 Å². The fourth-order valence-corrected chi connectivity index (χ4v) is 1.36. The summed E-state index contributed by atoms with van der Waals surface area (Å²) < 4.78 is 0. The van der Waals surface area contributed by atoms with E-state index in [0.29, 0.717) is 6.42 Å². The van der Waals surface area contributed by atoms with E-state index in [0.717, 1.165) is 12.8 Å². The molecule has 1 heterocycles. The fraction of sp³-hybridized carbons (Fsp3) is 0.667. The van der Waals surface area contributed by atoms with Gasteiger partial charge in [0.2, 0.25) is 5.91 Å². The van der Waals surface area contributed by atoms with Gasteiger partial charge in [-0.3, -0.25) is 4.79 Å². The molecule has 3 heteroatoms. The summed E-state index contributed by atoms with van der Waals surface area (Å²) >= 11 is 0. The van der Waals surface area contributed by atoms with Gasteiger partial charge < -0.3 is 10.0 Å². The molecular weight excluding hydrogens is 154 g/mol. The van der Waals surface area contributed by atoms with Gasteiger partial charge in [0.15, 0.2) is 0 Å². The molecule has 0 aromatic heterocycles. The zero-order valence-corrected chi connectivity index (χ0v) is 7.36. The number of carbonyl (C=O) groups is 1. The van der Waals surface area contributed by atoms with Crippen LogP contribution in [-0.4, -0.2) is 28.6 Å². The molecule has 1 amide bonds. The molecule has 1 rings (SSSR count). The molecule has 0 aliphatic carbocycles. The summed E-state index contributed by atoms with van der Waals surface area (Å²) in [5.41, 5.74) is 0. The lowest BCUT2D eigenvalue weighted by Gasteiger charge is -2.18. The standard InChI is InChI=1S/C9H15NO2/c1-2-3-6-10-8(7-11)4-5-9(10)12/h3,6,8,11H,2,4-5,7H2,1H3/t8-/m0/s1. The van der Waals surface area contributed by atoms with E-state index in [1.54, 1.807) is 11.1 Å². The first-order valence-electron chi connectivity index (χ1n) is 4.38. The predicted octanol–water partition coefficient (Wildman–Crippen LogP) is 0.893. The van der Waals surface area contributed by atoms with Crippen molar-refractivity contribution in [3.8, 4) is 0 Å². The van der Waals surface area contributed by atoms with Crippen LogP contribution in [0.15, 0.2) is 12.3 Å². The summed E-state index contributed by atoms with van der Waals surface area (Å²) in [5.74, 6) is 0.124. The third kappa shape index (κ3) is 1.85. The maximum absolute atomic E-state index is 11.2. The van der Waals surface area contributed by atoms with Gasteiger partial charge in [-0.15, -0.1) is 0 Å².